The molecule has 0 spiro atoms. The van der Waals surface area contributed by atoms with E-state index in [1.807, 2.05) is 13.8 Å². The fraction of sp³-hybridized carbons (Fsp3) is 0.750. The number of carbonyl (C=O) groups is 3. The Kier molecular flexibility index (Phi) is 8.32. The molecule has 0 aliphatic heterocycles. The van der Waals surface area contributed by atoms with E-state index in [2.05, 4.69) is 16.0 Å². The van der Waals surface area contributed by atoms with Gasteiger partial charge in [-0.05, 0) is 19.3 Å². The van der Waals surface area contributed by atoms with Crippen molar-refractivity contribution in [3.63, 3.8) is 0 Å². The molecule has 7 heteroatoms. The number of amides is 3. The van der Waals surface area contributed by atoms with E-state index in [9.17, 15) is 14.4 Å². The molecule has 0 rings (SSSR count). The number of nitrogens with one attached hydrogen (secondary N) is 3. The molecular formula is C12H23N3O4. The molecule has 4 N–H and O–H groups in total. The first-order valence-electron chi connectivity index (χ1n) is 6.34. The number of carbonyl (C=O) groups excluding carboxylic acids is 2. The maximum atomic E-state index is 11.4. The van der Waals surface area contributed by atoms with Crippen LogP contribution in [-0.4, -0.2) is 42.1 Å². The minimum atomic E-state index is -0.901. The number of rotatable bonds is 8. The van der Waals surface area contributed by atoms with Gasteiger partial charge >= 0.3 is 12.0 Å². The van der Waals surface area contributed by atoms with Gasteiger partial charge in [-0.25, -0.2) is 4.79 Å². The lowest BCUT2D eigenvalue weighted by Gasteiger charge is -2.14. The van der Waals surface area contributed by atoms with Crippen LogP contribution in [-0.2, 0) is 9.59 Å². The van der Waals surface area contributed by atoms with Gasteiger partial charge in [-0.2, -0.15) is 0 Å². The topological polar surface area (TPSA) is 108 Å². The van der Waals surface area contributed by atoms with E-state index >= 15 is 0 Å². The predicted molar refractivity (Wildman–Crippen MR) is 70.7 cm³/mol. The lowest BCUT2D eigenvalue weighted by atomic mass is 10.2. The number of carboxylic acid groups (broad SMARTS) is 1. The minimum Gasteiger partial charge on any atom is -0.481 e. The highest BCUT2D eigenvalue weighted by molar-refractivity contribution is 5.83. The third kappa shape index (κ3) is 11.1. The molecule has 3 amide bonds. The van der Waals surface area contributed by atoms with Gasteiger partial charge in [0.25, 0.3) is 0 Å². The lowest BCUT2D eigenvalue weighted by molar-refractivity contribution is -0.137. The third-order valence-corrected chi connectivity index (χ3v) is 2.29. The molecule has 19 heavy (non-hydrogen) atoms. The van der Waals surface area contributed by atoms with Gasteiger partial charge in [0.15, 0.2) is 0 Å². The van der Waals surface area contributed by atoms with Crippen molar-refractivity contribution < 1.29 is 19.5 Å². The van der Waals surface area contributed by atoms with Crippen LogP contribution in [0, 0.1) is 5.92 Å². The number of carboxylic acids is 1. The molecule has 0 bridgehead atoms. The maximum Gasteiger partial charge on any atom is 0.315 e. The highest BCUT2D eigenvalue weighted by atomic mass is 16.4. The van der Waals surface area contributed by atoms with Crippen LogP contribution in [0.3, 0.4) is 0 Å². The second kappa shape index (κ2) is 9.18. The zero-order chi connectivity index (χ0) is 14.8. The smallest absolute Gasteiger partial charge is 0.315 e. The number of urea groups is 1. The first-order chi connectivity index (χ1) is 8.81. The molecule has 110 valence electrons. The molecule has 0 aliphatic carbocycles. The van der Waals surface area contributed by atoms with Gasteiger partial charge in [-0.15, -0.1) is 0 Å². The monoisotopic (exact) mass is 273 g/mol. The number of hydrogen-bond donors (Lipinski definition) is 4. The summed E-state index contributed by atoms with van der Waals surface area (Å²) in [5.74, 6) is -0.794. The van der Waals surface area contributed by atoms with Gasteiger partial charge in [0, 0.05) is 19.0 Å². The molecule has 0 heterocycles. The summed E-state index contributed by atoms with van der Waals surface area (Å²) >= 11 is 0. The first kappa shape index (κ1) is 17.2. The van der Waals surface area contributed by atoms with E-state index in [1.165, 1.54) is 0 Å². The Morgan fingerprint density at radius 3 is 2.26 bits per heavy atom. The minimum absolute atomic E-state index is 0.00365. The third-order valence-electron chi connectivity index (χ3n) is 2.29. The van der Waals surface area contributed by atoms with Crippen LogP contribution in [0.25, 0.3) is 0 Å². The molecule has 0 aliphatic rings. The van der Waals surface area contributed by atoms with Crippen LogP contribution in [0.5, 0.6) is 0 Å². The van der Waals surface area contributed by atoms with Crippen molar-refractivity contribution >= 4 is 17.9 Å². The molecule has 7 nitrogen and oxygen atoms in total. The SMILES string of the molecule is CC(C)CNC(=O)CNC(=O)NC(C)CCC(=O)O. The summed E-state index contributed by atoms with van der Waals surface area (Å²) in [5, 5.41) is 16.1. The van der Waals surface area contributed by atoms with Gasteiger partial charge in [0.2, 0.25) is 5.91 Å². The maximum absolute atomic E-state index is 11.4. The van der Waals surface area contributed by atoms with Crippen LogP contribution >= 0.6 is 0 Å². The van der Waals surface area contributed by atoms with E-state index in [1.54, 1.807) is 6.92 Å². The molecule has 0 aromatic carbocycles. The van der Waals surface area contributed by atoms with E-state index in [0.29, 0.717) is 18.9 Å². The van der Waals surface area contributed by atoms with Crippen molar-refractivity contribution in [2.24, 2.45) is 5.92 Å². The largest absolute Gasteiger partial charge is 0.481 e. The first-order valence-corrected chi connectivity index (χ1v) is 6.34. The summed E-state index contributed by atoms with van der Waals surface area (Å²) in [4.78, 5) is 33.1. The molecule has 0 aromatic rings. The Morgan fingerprint density at radius 1 is 1.11 bits per heavy atom. The average molecular weight is 273 g/mol. The fourth-order valence-electron chi connectivity index (χ4n) is 1.23. The van der Waals surface area contributed by atoms with E-state index < -0.39 is 12.0 Å². The van der Waals surface area contributed by atoms with E-state index in [-0.39, 0.29) is 24.9 Å². The van der Waals surface area contributed by atoms with Crippen LogP contribution < -0.4 is 16.0 Å². The van der Waals surface area contributed by atoms with Gasteiger partial charge < -0.3 is 21.1 Å². The van der Waals surface area contributed by atoms with Gasteiger partial charge in [0.05, 0.1) is 6.54 Å². The van der Waals surface area contributed by atoms with Crippen molar-refractivity contribution in [2.45, 2.75) is 39.7 Å². The molecule has 0 fully saturated rings. The summed E-state index contributed by atoms with van der Waals surface area (Å²) < 4.78 is 0. The Labute approximate surface area is 113 Å². The average Bonchev–Trinajstić information content (AvgIpc) is 2.31. The summed E-state index contributed by atoms with van der Waals surface area (Å²) in [6.45, 7) is 6.14. The number of hydrogen-bond acceptors (Lipinski definition) is 3. The van der Waals surface area contributed by atoms with E-state index in [0.717, 1.165) is 0 Å². The molecular weight excluding hydrogens is 250 g/mol. The fourth-order valence-corrected chi connectivity index (χ4v) is 1.23. The standard InChI is InChI=1S/C12H23N3O4/c1-8(2)6-13-10(16)7-14-12(19)15-9(3)4-5-11(17)18/h8-9H,4-7H2,1-3H3,(H,13,16)(H,17,18)(H2,14,15,19). The number of aliphatic carboxylic acids is 1. The zero-order valence-electron chi connectivity index (χ0n) is 11.7. The molecule has 0 saturated carbocycles. The van der Waals surface area contributed by atoms with Gasteiger partial charge in [-0.1, -0.05) is 13.8 Å². The zero-order valence-corrected chi connectivity index (χ0v) is 11.7. The quantitative estimate of drug-likeness (QED) is 0.510. The van der Waals surface area contributed by atoms with Crippen molar-refractivity contribution in [1.29, 1.82) is 0 Å². The summed E-state index contributed by atoms with van der Waals surface area (Å²) in [6.07, 6.45) is 0.346. The Balaban J connectivity index is 3.74. The normalized spacial score (nSPS) is 11.8. The van der Waals surface area contributed by atoms with Gasteiger partial charge in [-0.3, -0.25) is 9.59 Å². The molecule has 0 saturated heterocycles. The Hall–Kier alpha value is -1.79. The Morgan fingerprint density at radius 2 is 1.74 bits per heavy atom. The summed E-state index contributed by atoms with van der Waals surface area (Å²) in [6, 6.07) is -0.729. The second-order valence-electron chi connectivity index (χ2n) is 4.86. The van der Waals surface area contributed by atoms with Crippen molar-refractivity contribution in [1.82, 2.24) is 16.0 Å². The van der Waals surface area contributed by atoms with E-state index in [4.69, 9.17) is 5.11 Å². The second-order valence-corrected chi connectivity index (χ2v) is 4.86. The Bertz CT molecular complexity index is 318. The van der Waals surface area contributed by atoms with Crippen molar-refractivity contribution in [2.75, 3.05) is 13.1 Å². The van der Waals surface area contributed by atoms with Crippen LogP contribution in [0.4, 0.5) is 4.79 Å². The lowest BCUT2D eigenvalue weighted by Crippen LogP contribution is -2.45. The highest BCUT2D eigenvalue weighted by Crippen LogP contribution is 1.95. The molecule has 0 radical (unpaired) electrons. The van der Waals surface area contributed by atoms with Crippen LogP contribution in [0.1, 0.15) is 33.6 Å². The summed E-state index contributed by atoms with van der Waals surface area (Å²) in [5.41, 5.74) is 0. The van der Waals surface area contributed by atoms with Crippen LogP contribution in [0.2, 0.25) is 0 Å². The molecule has 0 aromatic heterocycles. The van der Waals surface area contributed by atoms with Crippen molar-refractivity contribution in [3.8, 4) is 0 Å². The highest BCUT2D eigenvalue weighted by Gasteiger charge is 2.10. The predicted octanol–water partition coefficient (Wildman–Crippen LogP) is 0.311. The van der Waals surface area contributed by atoms with Crippen LogP contribution in [0.15, 0.2) is 0 Å². The summed E-state index contributed by atoms with van der Waals surface area (Å²) in [7, 11) is 0. The molecule has 1 atom stereocenters. The van der Waals surface area contributed by atoms with Gasteiger partial charge in [0.1, 0.15) is 0 Å². The molecule has 1 unspecified atom stereocenters. The van der Waals surface area contributed by atoms with Crippen molar-refractivity contribution in [3.05, 3.63) is 0 Å².